The fraction of sp³-hybridized carbons (Fsp3) is 0.281. The molecule has 5 rings (SSSR count). The number of carbonyl (C=O) groups is 2. The summed E-state index contributed by atoms with van der Waals surface area (Å²) in [6, 6.07) is 21.3. The predicted octanol–water partition coefficient (Wildman–Crippen LogP) is 5.39. The van der Waals surface area contributed by atoms with Crippen molar-refractivity contribution in [3.8, 4) is 11.1 Å². The Morgan fingerprint density at radius 3 is 2.31 bits per heavy atom. The SMILES string of the molecule is CCCN(Cc1ccc(N)cc1)C(=O)C1=Cc2ccc(-c3ccc(C(=O)N4CCCC4)cc3)cc2N=C(N)C1. The van der Waals surface area contributed by atoms with E-state index in [0.717, 1.165) is 60.3 Å². The monoisotopic (exact) mass is 521 g/mol. The third kappa shape index (κ3) is 6.03. The zero-order valence-electron chi connectivity index (χ0n) is 22.4. The van der Waals surface area contributed by atoms with Crippen molar-refractivity contribution >= 4 is 35.1 Å². The maximum Gasteiger partial charge on any atom is 0.253 e. The number of amides is 2. The van der Waals surface area contributed by atoms with Gasteiger partial charge >= 0.3 is 0 Å². The Morgan fingerprint density at radius 2 is 1.62 bits per heavy atom. The van der Waals surface area contributed by atoms with E-state index in [9.17, 15) is 9.59 Å². The molecule has 2 amide bonds. The van der Waals surface area contributed by atoms with E-state index in [2.05, 4.69) is 11.9 Å². The first-order chi connectivity index (χ1) is 18.9. The number of amidine groups is 1. The fourth-order valence-electron chi connectivity index (χ4n) is 5.18. The largest absolute Gasteiger partial charge is 0.399 e. The van der Waals surface area contributed by atoms with E-state index in [1.807, 2.05) is 82.6 Å². The summed E-state index contributed by atoms with van der Waals surface area (Å²) in [4.78, 5) is 34.8. The van der Waals surface area contributed by atoms with Gasteiger partial charge in [0.15, 0.2) is 0 Å². The second-order valence-corrected chi connectivity index (χ2v) is 10.3. The number of benzene rings is 3. The number of hydrogen-bond acceptors (Lipinski definition) is 5. The molecule has 0 spiro atoms. The number of nitrogen functional groups attached to an aromatic ring is 1. The van der Waals surface area contributed by atoms with E-state index in [4.69, 9.17) is 11.5 Å². The second-order valence-electron chi connectivity index (χ2n) is 10.3. The number of hydrogen-bond donors (Lipinski definition) is 2. The molecule has 0 saturated carbocycles. The Balaban J connectivity index is 1.37. The van der Waals surface area contributed by atoms with Crippen LogP contribution in [0.25, 0.3) is 17.2 Å². The van der Waals surface area contributed by atoms with Crippen LogP contribution in [0.4, 0.5) is 11.4 Å². The quantitative estimate of drug-likeness (QED) is 0.407. The molecule has 0 aliphatic carbocycles. The molecule has 2 aliphatic heterocycles. The van der Waals surface area contributed by atoms with Gasteiger partial charge in [0.2, 0.25) is 0 Å². The molecule has 3 aromatic rings. The van der Waals surface area contributed by atoms with Crippen LogP contribution in [0.2, 0.25) is 0 Å². The van der Waals surface area contributed by atoms with Crippen LogP contribution in [0.15, 0.2) is 77.3 Å². The van der Waals surface area contributed by atoms with Crippen molar-refractivity contribution in [2.45, 2.75) is 39.2 Å². The number of rotatable bonds is 7. The maximum absolute atomic E-state index is 13.6. The van der Waals surface area contributed by atoms with E-state index in [-0.39, 0.29) is 18.2 Å². The number of likely N-dealkylation sites (tertiary alicyclic amines) is 1. The van der Waals surface area contributed by atoms with E-state index < -0.39 is 0 Å². The highest BCUT2D eigenvalue weighted by molar-refractivity contribution is 6.05. The molecular formula is C32H35N5O2. The highest BCUT2D eigenvalue weighted by atomic mass is 16.2. The third-order valence-electron chi connectivity index (χ3n) is 7.26. The zero-order chi connectivity index (χ0) is 27.4. The molecule has 7 nitrogen and oxygen atoms in total. The molecule has 0 radical (unpaired) electrons. The Kier molecular flexibility index (Phi) is 7.77. The van der Waals surface area contributed by atoms with Gasteiger partial charge in [-0.2, -0.15) is 0 Å². The number of anilines is 1. The summed E-state index contributed by atoms with van der Waals surface area (Å²) in [6.07, 6.45) is 5.19. The van der Waals surface area contributed by atoms with Gasteiger partial charge in [-0.25, -0.2) is 4.99 Å². The van der Waals surface area contributed by atoms with Crippen LogP contribution < -0.4 is 11.5 Å². The highest BCUT2D eigenvalue weighted by Gasteiger charge is 2.22. The minimum absolute atomic E-state index is 0.0398. The van der Waals surface area contributed by atoms with E-state index in [1.165, 1.54) is 0 Å². The van der Waals surface area contributed by atoms with Gasteiger partial charge in [0.05, 0.1) is 5.69 Å². The lowest BCUT2D eigenvalue weighted by Crippen LogP contribution is -2.33. The average molecular weight is 522 g/mol. The summed E-state index contributed by atoms with van der Waals surface area (Å²) < 4.78 is 0. The summed E-state index contributed by atoms with van der Waals surface area (Å²) in [5.41, 5.74) is 18.7. The molecule has 0 bridgehead atoms. The van der Waals surface area contributed by atoms with Gasteiger partial charge in [0.1, 0.15) is 5.84 Å². The number of nitrogens with zero attached hydrogens (tertiary/aromatic N) is 3. The summed E-state index contributed by atoms with van der Waals surface area (Å²) in [5.74, 6) is 0.456. The lowest BCUT2D eigenvalue weighted by molar-refractivity contribution is -0.127. The van der Waals surface area contributed by atoms with Gasteiger partial charge < -0.3 is 21.3 Å². The molecule has 3 aromatic carbocycles. The van der Waals surface area contributed by atoms with Crippen molar-refractivity contribution in [3.63, 3.8) is 0 Å². The van der Waals surface area contributed by atoms with Crippen LogP contribution in [0.5, 0.6) is 0 Å². The predicted molar refractivity (Wildman–Crippen MR) is 157 cm³/mol. The Morgan fingerprint density at radius 1 is 0.923 bits per heavy atom. The van der Waals surface area contributed by atoms with Crippen molar-refractivity contribution < 1.29 is 9.59 Å². The van der Waals surface area contributed by atoms with Crippen LogP contribution in [0, 0.1) is 0 Å². The second kappa shape index (κ2) is 11.6. The molecule has 1 fully saturated rings. The molecule has 39 heavy (non-hydrogen) atoms. The molecule has 2 aliphatic rings. The third-order valence-corrected chi connectivity index (χ3v) is 7.26. The van der Waals surface area contributed by atoms with Gasteiger partial charge in [0, 0.05) is 55.0 Å². The van der Waals surface area contributed by atoms with Crippen LogP contribution in [-0.2, 0) is 11.3 Å². The lowest BCUT2D eigenvalue weighted by atomic mass is 9.99. The summed E-state index contributed by atoms with van der Waals surface area (Å²) in [7, 11) is 0. The molecule has 1 saturated heterocycles. The van der Waals surface area contributed by atoms with Gasteiger partial charge in [0.25, 0.3) is 11.8 Å². The van der Waals surface area contributed by atoms with Gasteiger partial charge in [-0.1, -0.05) is 43.3 Å². The zero-order valence-corrected chi connectivity index (χ0v) is 22.4. The Labute approximate surface area is 229 Å². The standard InChI is InChI=1S/C32H35N5O2/c1-2-15-37(21-22-5-13-28(33)14-6-22)32(39)27-18-26-12-11-25(19-29(26)35-30(34)20-27)23-7-9-24(10-8-23)31(38)36-16-3-4-17-36/h5-14,18-19H,2-4,15-17,20-21,33H2,1H3,(H2,34,35). The Hall–Kier alpha value is -4.39. The van der Waals surface area contributed by atoms with Crippen molar-refractivity contribution in [2.24, 2.45) is 10.7 Å². The van der Waals surface area contributed by atoms with Crippen LogP contribution >= 0.6 is 0 Å². The molecule has 2 heterocycles. The molecule has 200 valence electrons. The van der Waals surface area contributed by atoms with E-state index in [1.54, 1.807) is 0 Å². The van der Waals surface area contributed by atoms with Crippen LogP contribution in [-0.4, -0.2) is 47.1 Å². The maximum atomic E-state index is 13.6. The topological polar surface area (TPSA) is 105 Å². The molecule has 7 heteroatoms. The Bertz CT molecular complexity index is 1420. The summed E-state index contributed by atoms with van der Waals surface area (Å²) >= 11 is 0. The minimum Gasteiger partial charge on any atom is -0.399 e. The minimum atomic E-state index is -0.0398. The molecule has 0 atom stereocenters. The first kappa shape index (κ1) is 26.2. The highest BCUT2D eigenvalue weighted by Crippen LogP contribution is 2.32. The van der Waals surface area contributed by atoms with Gasteiger partial charge in [-0.3, -0.25) is 9.59 Å². The van der Waals surface area contributed by atoms with E-state index in [0.29, 0.717) is 35.7 Å². The molecule has 0 unspecified atom stereocenters. The smallest absolute Gasteiger partial charge is 0.253 e. The number of nitrogens with two attached hydrogens (primary N) is 2. The lowest BCUT2D eigenvalue weighted by Gasteiger charge is -2.23. The first-order valence-electron chi connectivity index (χ1n) is 13.6. The van der Waals surface area contributed by atoms with Crippen molar-refractivity contribution in [1.82, 2.24) is 9.80 Å². The normalized spacial score (nSPS) is 14.7. The first-order valence-corrected chi connectivity index (χ1v) is 13.6. The van der Waals surface area contributed by atoms with Crippen molar-refractivity contribution in [1.29, 1.82) is 0 Å². The van der Waals surface area contributed by atoms with Gasteiger partial charge in [-0.05, 0) is 72.4 Å². The van der Waals surface area contributed by atoms with Crippen LogP contribution in [0.1, 0.15) is 54.1 Å². The van der Waals surface area contributed by atoms with Crippen LogP contribution in [0.3, 0.4) is 0 Å². The molecular weight excluding hydrogens is 486 g/mol. The average Bonchev–Trinajstić information content (AvgIpc) is 3.43. The fourth-order valence-corrected chi connectivity index (χ4v) is 5.18. The summed E-state index contributed by atoms with van der Waals surface area (Å²) in [5, 5.41) is 0. The van der Waals surface area contributed by atoms with E-state index >= 15 is 0 Å². The molecule has 0 aromatic heterocycles. The van der Waals surface area contributed by atoms with Crippen molar-refractivity contribution in [2.75, 3.05) is 25.4 Å². The summed E-state index contributed by atoms with van der Waals surface area (Å²) in [6.45, 7) is 4.87. The van der Waals surface area contributed by atoms with Crippen molar-refractivity contribution in [3.05, 3.63) is 89.0 Å². The molecule has 4 N–H and O–H groups in total. The van der Waals surface area contributed by atoms with Gasteiger partial charge in [-0.15, -0.1) is 0 Å². The number of aliphatic imine (C=N–C) groups is 1. The number of carbonyl (C=O) groups excluding carboxylic acids is 2. The number of fused-ring (bicyclic) bond motifs is 1.